The highest BCUT2D eigenvalue weighted by atomic mass is 16.1. The van der Waals surface area contributed by atoms with Gasteiger partial charge < -0.3 is 0 Å². The van der Waals surface area contributed by atoms with Gasteiger partial charge in [0, 0.05) is 13.5 Å². The normalized spacial score (nSPS) is 10.9. The van der Waals surface area contributed by atoms with E-state index in [2.05, 4.69) is 15.4 Å². The summed E-state index contributed by atoms with van der Waals surface area (Å²) in [5, 5.41) is 11.8. The predicted molar refractivity (Wildman–Crippen MR) is 55.9 cm³/mol. The lowest BCUT2D eigenvalue weighted by Crippen LogP contribution is -2.27. The Morgan fingerprint density at radius 1 is 1.50 bits per heavy atom. The first-order valence-electron chi connectivity index (χ1n) is 4.90. The highest BCUT2D eigenvalue weighted by Gasteiger charge is 2.10. The molecule has 0 aliphatic heterocycles. The van der Waals surface area contributed by atoms with E-state index >= 15 is 0 Å². The van der Waals surface area contributed by atoms with Gasteiger partial charge in [-0.2, -0.15) is 5.10 Å². The summed E-state index contributed by atoms with van der Waals surface area (Å²) in [4.78, 5) is 23.1. The Bertz CT molecular complexity index is 597. The third-order valence-electron chi connectivity index (χ3n) is 2.34. The fraction of sp³-hybridized carbons (Fsp3) is 0.444. The van der Waals surface area contributed by atoms with E-state index in [9.17, 15) is 9.59 Å². The van der Waals surface area contributed by atoms with Crippen molar-refractivity contribution in [3.63, 3.8) is 0 Å². The SMILES string of the molecule is CCC(=O)Cn1nnc2c(cnn2C)c1=O. The molecule has 0 atom stereocenters. The summed E-state index contributed by atoms with van der Waals surface area (Å²) < 4.78 is 2.53. The van der Waals surface area contributed by atoms with Gasteiger partial charge in [-0.1, -0.05) is 12.1 Å². The number of ketones is 1. The molecule has 0 saturated carbocycles. The number of hydrogen-bond donors (Lipinski definition) is 0. The topological polar surface area (TPSA) is 82.7 Å². The molecular formula is C9H11N5O2. The second-order valence-electron chi connectivity index (χ2n) is 3.45. The minimum absolute atomic E-state index is 0.0346. The molecule has 0 amide bonds. The van der Waals surface area contributed by atoms with Crippen molar-refractivity contribution in [2.45, 2.75) is 19.9 Å². The Hall–Kier alpha value is -2.05. The van der Waals surface area contributed by atoms with Gasteiger partial charge in [-0.05, 0) is 0 Å². The summed E-state index contributed by atoms with van der Waals surface area (Å²) >= 11 is 0. The van der Waals surface area contributed by atoms with Crippen molar-refractivity contribution in [1.29, 1.82) is 0 Å². The molecule has 0 bridgehead atoms. The van der Waals surface area contributed by atoms with Crippen molar-refractivity contribution in [2.24, 2.45) is 7.05 Å². The molecule has 7 heteroatoms. The average molecular weight is 221 g/mol. The monoisotopic (exact) mass is 221 g/mol. The first kappa shape index (κ1) is 10.5. The highest BCUT2D eigenvalue weighted by molar-refractivity contribution is 5.78. The van der Waals surface area contributed by atoms with Gasteiger partial charge >= 0.3 is 0 Å². The van der Waals surface area contributed by atoms with Crippen LogP contribution >= 0.6 is 0 Å². The molecule has 0 aliphatic rings. The highest BCUT2D eigenvalue weighted by Crippen LogP contribution is 2.01. The van der Waals surface area contributed by atoms with Gasteiger partial charge in [0.25, 0.3) is 5.56 Å². The van der Waals surface area contributed by atoms with Crippen LogP contribution in [0, 0.1) is 0 Å². The Balaban J connectivity index is 2.53. The molecule has 2 rings (SSSR count). The van der Waals surface area contributed by atoms with Crippen LogP contribution in [0.2, 0.25) is 0 Å². The maximum Gasteiger partial charge on any atom is 0.281 e. The van der Waals surface area contributed by atoms with Crippen molar-refractivity contribution in [3.05, 3.63) is 16.6 Å². The van der Waals surface area contributed by atoms with E-state index in [1.807, 2.05) is 0 Å². The van der Waals surface area contributed by atoms with Crippen molar-refractivity contribution in [3.8, 4) is 0 Å². The lowest BCUT2D eigenvalue weighted by atomic mass is 10.3. The summed E-state index contributed by atoms with van der Waals surface area (Å²) in [6.07, 6.45) is 1.80. The third kappa shape index (κ3) is 1.60. The standard InChI is InChI=1S/C9H11N5O2/c1-3-6(15)5-14-9(16)7-4-10-13(2)8(7)11-12-14/h4H,3,5H2,1-2H3. The van der Waals surface area contributed by atoms with E-state index in [0.717, 1.165) is 4.68 Å². The molecule has 0 aliphatic carbocycles. The molecule has 0 saturated heterocycles. The van der Waals surface area contributed by atoms with Crippen LogP contribution in [0.15, 0.2) is 11.0 Å². The van der Waals surface area contributed by atoms with Crippen molar-refractivity contribution >= 4 is 16.8 Å². The molecule has 2 aromatic heterocycles. The minimum Gasteiger partial charge on any atom is -0.298 e. The molecule has 84 valence electrons. The summed E-state index contributed by atoms with van der Waals surface area (Å²) in [5.41, 5.74) is 0.0881. The van der Waals surface area contributed by atoms with Gasteiger partial charge in [0.2, 0.25) is 0 Å². The predicted octanol–water partition coefficient (Wildman–Crippen LogP) is -0.496. The summed E-state index contributed by atoms with van der Waals surface area (Å²) in [6.45, 7) is 1.70. The van der Waals surface area contributed by atoms with E-state index in [1.54, 1.807) is 14.0 Å². The largest absolute Gasteiger partial charge is 0.298 e. The van der Waals surface area contributed by atoms with Gasteiger partial charge in [0.15, 0.2) is 11.4 Å². The number of carbonyl (C=O) groups excluding carboxylic acids is 1. The van der Waals surface area contributed by atoms with E-state index in [1.165, 1.54) is 10.9 Å². The van der Waals surface area contributed by atoms with Crippen LogP contribution in [0.4, 0.5) is 0 Å². The quantitative estimate of drug-likeness (QED) is 0.698. The number of aryl methyl sites for hydroxylation is 1. The second-order valence-corrected chi connectivity index (χ2v) is 3.45. The zero-order valence-electron chi connectivity index (χ0n) is 9.04. The minimum atomic E-state index is -0.333. The molecule has 0 aromatic carbocycles. The van der Waals surface area contributed by atoms with E-state index in [-0.39, 0.29) is 17.9 Å². The van der Waals surface area contributed by atoms with Crippen LogP contribution in [0.3, 0.4) is 0 Å². The van der Waals surface area contributed by atoms with E-state index in [0.29, 0.717) is 17.5 Å². The first-order chi connectivity index (χ1) is 7.63. The molecule has 2 heterocycles. The Labute approximate surface area is 90.7 Å². The van der Waals surface area contributed by atoms with Crippen LogP contribution < -0.4 is 5.56 Å². The number of carbonyl (C=O) groups is 1. The number of hydrogen-bond acceptors (Lipinski definition) is 5. The summed E-state index contributed by atoms with van der Waals surface area (Å²) in [5.74, 6) is -0.0559. The molecule has 7 nitrogen and oxygen atoms in total. The molecule has 0 fully saturated rings. The Morgan fingerprint density at radius 2 is 2.25 bits per heavy atom. The van der Waals surface area contributed by atoms with Gasteiger partial charge in [0.05, 0.1) is 6.20 Å². The smallest absolute Gasteiger partial charge is 0.281 e. The lowest BCUT2D eigenvalue weighted by Gasteiger charge is -2.00. The van der Waals surface area contributed by atoms with Crippen LogP contribution in [0.25, 0.3) is 11.0 Å². The summed E-state index contributed by atoms with van der Waals surface area (Å²) in [6, 6.07) is 0. The fourth-order valence-corrected chi connectivity index (χ4v) is 1.36. The molecule has 0 N–H and O–H groups in total. The van der Waals surface area contributed by atoms with Crippen LogP contribution in [0.5, 0.6) is 0 Å². The maximum absolute atomic E-state index is 11.8. The van der Waals surface area contributed by atoms with Crippen molar-refractivity contribution < 1.29 is 4.79 Å². The van der Waals surface area contributed by atoms with Crippen LogP contribution in [0.1, 0.15) is 13.3 Å². The van der Waals surface area contributed by atoms with Crippen LogP contribution in [-0.2, 0) is 18.4 Å². The Kier molecular flexibility index (Phi) is 2.51. The molecule has 0 spiro atoms. The third-order valence-corrected chi connectivity index (χ3v) is 2.34. The second kappa shape index (κ2) is 3.84. The van der Waals surface area contributed by atoms with Crippen molar-refractivity contribution in [1.82, 2.24) is 24.8 Å². The fourth-order valence-electron chi connectivity index (χ4n) is 1.36. The number of rotatable bonds is 3. The first-order valence-corrected chi connectivity index (χ1v) is 4.90. The number of nitrogens with zero attached hydrogens (tertiary/aromatic N) is 5. The number of aromatic nitrogens is 5. The summed E-state index contributed by atoms with van der Waals surface area (Å²) in [7, 11) is 1.68. The lowest BCUT2D eigenvalue weighted by molar-refractivity contribution is -0.119. The maximum atomic E-state index is 11.8. The van der Waals surface area contributed by atoms with Gasteiger partial charge in [-0.15, -0.1) is 5.10 Å². The van der Waals surface area contributed by atoms with Gasteiger partial charge in [-0.25, -0.2) is 9.36 Å². The zero-order chi connectivity index (χ0) is 11.7. The molecule has 16 heavy (non-hydrogen) atoms. The molecular weight excluding hydrogens is 210 g/mol. The van der Waals surface area contributed by atoms with E-state index in [4.69, 9.17) is 0 Å². The molecule has 2 aromatic rings. The molecule has 0 unspecified atom stereocenters. The van der Waals surface area contributed by atoms with Crippen molar-refractivity contribution in [2.75, 3.05) is 0 Å². The number of fused-ring (bicyclic) bond motifs is 1. The van der Waals surface area contributed by atoms with E-state index < -0.39 is 0 Å². The zero-order valence-corrected chi connectivity index (χ0v) is 9.04. The average Bonchev–Trinajstić information content (AvgIpc) is 2.65. The Morgan fingerprint density at radius 3 is 2.94 bits per heavy atom. The van der Waals surface area contributed by atoms with Crippen LogP contribution in [-0.4, -0.2) is 30.6 Å². The number of Topliss-reactive ketones (excluding diaryl/α,β-unsaturated/α-hetero) is 1. The van der Waals surface area contributed by atoms with Gasteiger partial charge in [-0.3, -0.25) is 9.59 Å². The molecule has 0 radical (unpaired) electrons. The van der Waals surface area contributed by atoms with Gasteiger partial charge in [0.1, 0.15) is 11.9 Å².